The van der Waals surface area contributed by atoms with Crippen molar-refractivity contribution in [2.24, 2.45) is 0 Å². The number of carbonyl (C=O) groups excluding carboxylic acids is 2. The van der Waals surface area contributed by atoms with E-state index in [0.29, 0.717) is 29.4 Å². The summed E-state index contributed by atoms with van der Waals surface area (Å²) in [7, 11) is 3.04. The standard InChI is InChI=1S/C15H20N2O5S/c1-21-10-3-4-13(22-2)11(7-10)12(18)8-16-14(19)9-17-5-6-23-15(17)20/h3-4,7,12,18H,5-6,8-9H2,1-2H3,(H,16,19)/t12-/m0/s1. The third-order valence-corrected chi connectivity index (χ3v) is 4.36. The Bertz CT molecular complexity index is 581. The lowest BCUT2D eigenvalue weighted by atomic mass is 10.1. The van der Waals surface area contributed by atoms with Gasteiger partial charge in [0, 0.05) is 24.4 Å². The number of hydrogen-bond donors (Lipinski definition) is 2. The Balaban J connectivity index is 1.92. The number of nitrogens with one attached hydrogen (secondary N) is 1. The predicted octanol–water partition coefficient (Wildman–Crippen LogP) is 1.02. The molecule has 1 fully saturated rings. The van der Waals surface area contributed by atoms with Crippen LogP contribution in [0.2, 0.25) is 0 Å². The fourth-order valence-corrected chi connectivity index (χ4v) is 3.04. The minimum Gasteiger partial charge on any atom is -0.497 e. The quantitative estimate of drug-likeness (QED) is 0.771. The maximum atomic E-state index is 11.9. The Morgan fingerprint density at radius 1 is 1.43 bits per heavy atom. The van der Waals surface area contributed by atoms with E-state index in [4.69, 9.17) is 9.47 Å². The van der Waals surface area contributed by atoms with Gasteiger partial charge in [-0.2, -0.15) is 0 Å². The van der Waals surface area contributed by atoms with Gasteiger partial charge in [0.05, 0.1) is 20.3 Å². The number of hydrogen-bond acceptors (Lipinski definition) is 6. The third-order valence-electron chi connectivity index (χ3n) is 3.47. The van der Waals surface area contributed by atoms with Crippen LogP contribution in [0, 0.1) is 0 Å². The summed E-state index contributed by atoms with van der Waals surface area (Å²) in [6, 6.07) is 5.08. The molecular weight excluding hydrogens is 320 g/mol. The Kier molecular flexibility index (Phi) is 6.12. The number of aliphatic hydroxyl groups is 1. The highest BCUT2D eigenvalue weighted by Gasteiger charge is 2.23. The van der Waals surface area contributed by atoms with Crippen LogP contribution in [0.5, 0.6) is 11.5 Å². The summed E-state index contributed by atoms with van der Waals surface area (Å²) in [6.07, 6.45) is -0.937. The lowest BCUT2D eigenvalue weighted by molar-refractivity contribution is -0.122. The zero-order valence-electron chi connectivity index (χ0n) is 13.1. The highest BCUT2D eigenvalue weighted by atomic mass is 32.2. The molecule has 23 heavy (non-hydrogen) atoms. The van der Waals surface area contributed by atoms with Gasteiger partial charge in [0.15, 0.2) is 0 Å². The number of methoxy groups -OCH3 is 2. The van der Waals surface area contributed by atoms with Gasteiger partial charge in [0.2, 0.25) is 5.91 Å². The molecule has 2 amide bonds. The molecule has 2 N–H and O–H groups in total. The van der Waals surface area contributed by atoms with Crippen molar-refractivity contribution in [2.75, 3.05) is 39.6 Å². The number of amides is 2. The van der Waals surface area contributed by atoms with Gasteiger partial charge in [-0.05, 0) is 18.2 Å². The zero-order chi connectivity index (χ0) is 16.8. The highest BCUT2D eigenvalue weighted by Crippen LogP contribution is 2.29. The van der Waals surface area contributed by atoms with Crippen LogP contribution in [0.25, 0.3) is 0 Å². The molecule has 0 saturated carbocycles. The van der Waals surface area contributed by atoms with Gasteiger partial charge in [-0.3, -0.25) is 9.59 Å². The molecule has 8 heteroatoms. The van der Waals surface area contributed by atoms with E-state index in [1.165, 1.54) is 30.9 Å². The second kappa shape index (κ2) is 8.07. The van der Waals surface area contributed by atoms with Gasteiger partial charge in [-0.25, -0.2) is 0 Å². The molecule has 0 spiro atoms. The van der Waals surface area contributed by atoms with E-state index in [9.17, 15) is 14.7 Å². The van der Waals surface area contributed by atoms with Gasteiger partial charge in [0.1, 0.15) is 18.0 Å². The average Bonchev–Trinajstić information content (AvgIpc) is 2.96. The van der Waals surface area contributed by atoms with Crippen LogP contribution in [-0.2, 0) is 4.79 Å². The molecule has 1 aliphatic rings. The van der Waals surface area contributed by atoms with Crippen LogP contribution < -0.4 is 14.8 Å². The summed E-state index contributed by atoms with van der Waals surface area (Å²) in [4.78, 5) is 24.8. The molecule has 1 atom stereocenters. The van der Waals surface area contributed by atoms with Crippen LogP contribution in [0.3, 0.4) is 0 Å². The summed E-state index contributed by atoms with van der Waals surface area (Å²) in [5, 5.41) is 12.8. The lowest BCUT2D eigenvalue weighted by Crippen LogP contribution is -2.38. The van der Waals surface area contributed by atoms with Crippen LogP contribution in [0.1, 0.15) is 11.7 Å². The van der Waals surface area contributed by atoms with Crippen LogP contribution in [-0.4, -0.2) is 60.8 Å². The number of carbonyl (C=O) groups is 2. The first-order valence-electron chi connectivity index (χ1n) is 7.13. The topological polar surface area (TPSA) is 88.1 Å². The molecule has 0 unspecified atom stereocenters. The highest BCUT2D eigenvalue weighted by molar-refractivity contribution is 8.13. The number of rotatable bonds is 7. The monoisotopic (exact) mass is 340 g/mol. The van der Waals surface area contributed by atoms with E-state index in [2.05, 4.69) is 5.32 Å². The molecule has 2 rings (SSSR count). The molecule has 7 nitrogen and oxygen atoms in total. The fraction of sp³-hybridized carbons (Fsp3) is 0.467. The van der Waals surface area contributed by atoms with Crippen LogP contribution >= 0.6 is 11.8 Å². The van der Waals surface area contributed by atoms with E-state index < -0.39 is 6.10 Å². The van der Waals surface area contributed by atoms with Gasteiger partial charge < -0.3 is 24.8 Å². The molecule has 1 aromatic rings. The fourth-order valence-electron chi connectivity index (χ4n) is 2.22. The largest absolute Gasteiger partial charge is 0.497 e. The van der Waals surface area contributed by atoms with Gasteiger partial charge in [-0.15, -0.1) is 0 Å². The third kappa shape index (κ3) is 4.52. The molecule has 1 aliphatic heterocycles. The molecule has 1 heterocycles. The summed E-state index contributed by atoms with van der Waals surface area (Å²) in [5.41, 5.74) is 0.528. The Morgan fingerprint density at radius 3 is 2.83 bits per heavy atom. The maximum Gasteiger partial charge on any atom is 0.282 e. The Hall–Kier alpha value is -1.93. The summed E-state index contributed by atoms with van der Waals surface area (Å²) in [6.45, 7) is 0.606. The van der Waals surface area contributed by atoms with E-state index in [1.54, 1.807) is 18.2 Å². The number of nitrogens with zero attached hydrogens (tertiary/aromatic N) is 1. The van der Waals surface area contributed by atoms with Crippen molar-refractivity contribution in [1.82, 2.24) is 10.2 Å². The second-order valence-corrected chi connectivity index (χ2v) is 6.01. The van der Waals surface area contributed by atoms with Gasteiger partial charge in [0.25, 0.3) is 5.24 Å². The summed E-state index contributed by atoms with van der Waals surface area (Å²) in [5.74, 6) is 1.50. The van der Waals surface area contributed by atoms with E-state index in [1.807, 2.05) is 0 Å². The summed E-state index contributed by atoms with van der Waals surface area (Å²) >= 11 is 1.20. The van der Waals surface area contributed by atoms with E-state index in [-0.39, 0.29) is 24.2 Å². The van der Waals surface area contributed by atoms with Crippen molar-refractivity contribution in [3.63, 3.8) is 0 Å². The Labute approximate surface area is 138 Å². The lowest BCUT2D eigenvalue weighted by Gasteiger charge is -2.18. The van der Waals surface area contributed by atoms with E-state index >= 15 is 0 Å². The van der Waals surface area contributed by atoms with Crippen molar-refractivity contribution in [2.45, 2.75) is 6.10 Å². The van der Waals surface area contributed by atoms with Crippen molar-refractivity contribution >= 4 is 22.9 Å². The second-order valence-electron chi connectivity index (χ2n) is 4.96. The molecular formula is C15H20N2O5S. The van der Waals surface area contributed by atoms with Crippen LogP contribution in [0.4, 0.5) is 4.79 Å². The minimum absolute atomic E-state index is 0.00774. The first kappa shape index (κ1) is 17.4. The predicted molar refractivity (Wildman–Crippen MR) is 86.9 cm³/mol. The minimum atomic E-state index is -0.937. The van der Waals surface area contributed by atoms with Gasteiger partial charge in [-0.1, -0.05) is 11.8 Å². The summed E-state index contributed by atoms with van der Waals surface area (Å²) < 4.78 is 10.3. The van der Waals surface area contributed by atoms with Crippen LogP contribution in [0.15, 0.2) is 18.2 Å². The first-order chi connectivity index (χ1) is 11.0. The molecule has 126 valence electrons. The molecule has 0 aliphatic carbocycles. The normalized spacial score (nSPS) is 15.4. The van der Waals surface area contributed by atoms with Crippen molar-refractivity contribution in [1.29, 1.82) is 0 Å². The van der Waals surface area contributed by atoms with E-state index in [0.717, 1.165) is 0 Å². The molecule has 0 aromatic heterocycles. The zero-order valence-corrected chi connectivity index (χ0v) is 13.9. The van der Waals surface area contributed by atoms with Gasteiger partial charge >= 0.3 is 0 Å². The number of aliphatic hydroxyl groups excluding tert-OH is 1. The van der Waals surface area contributed by atoms with Crippen molar-refractivity contribution in [3.05, 3.63) is 23.8 Å². The number of thioether (sulfide) groups is 1. The van der Waals surface area contributed by atoms with Crippen molar-refractivity contribution in [3.8, 4) is 11.5 Å². The molecule has 0 bridgehead atoms. The number of benzene rings is 1. The SMILES string of the molecule is COc1ccc(OC)c([C@@H](O)CNC(=O)CN2CCSC2=O)c1. The Morgan fingerprint density at radius 2 is 2.22 bits per heavy atom. The first-order valence-corrected chi connectivity index (χ1v) is 8.12. The molecule has 1 saturated heterocycles. The molecule has 1 aromatic carbocycles. The number of ether oxygens (including phenoxy) is 2. The average molecular weight is 340 g/mol. The maximum absolute atomic E-state index is 11.9. The molecule has 0 radical (unpaired) electrons. The van der Waals surface area contributed by atoms with Crippen molar-refractivity contribution < 1.29 is 24.2 Å². The smallest absolute Gasteiger partial charge is 0.282 e.